The number of carbonyl (C=O) groups excluding carboxylic acids is 1. The molecular weight excluding hydrogens is 384 g/mol. The van der Waals surface area contributed by atoms with Gasteiger partial charge in [0.25, 0.3) is 5.91 Å². The van der Waals surface area contributed by atoms with Crippen LogP contribution >= 0.6 is 11.8 Å². The molecule has 0 unspecified atom stereocenters. The zero-order chi connectivity index (χ0) is 20.1. The van der Waals surface area contributed by atoms with Gasteiger partial charge in [-0.05, 0) is 53.7 Å². The van der Waals surface area contributed by atoms with E-state index in [9.17, 15) is 14.4 Å². The molecule has 1 amide bonds. The Labute approximate surface area is 163 Å². The van der Waals surface area contributed by atoms with Crippen molar-refractivity contribution in [3.05, 3.63) is 64.6 Å². The second kappa shape index (κ2) is 8.40. The number of amidine groups is 1. The minimum Gasteiger partial charge on any atom is -0.482 e. The Balaban J connectivity index is 1.72. The lowest BCUT2D eigenvalue weighted by Crippen LogP contribution is -2.19. The number of aliphatic carboxylic acids is 1. The van der Waals surface area contributed by atoms with Crippen molar-refractivity contribution in [2.45, 2.75) is 0 Å². The molecule has 8 nitrogen and oxygen atoms in total. The number of nitrogens with one attached hydrogen (secondary N) is 1. The van der Waals surface area contributed by atoms with Crippen LogP contribution in [-0.2, 0) is 9.59 Å². The van der Waals surface area contributed by atoms with Gasteiger partial charge in [0, 0.05) is 0 Å². The SMILES string of the molecule is O=C(O)COc1ccc(/C=C2\SC(=Nc3cccc(C(=O)O)c3)NC2=O)cc1. The predicted octanol–water partition coefficient (Wildman–Crippen LogP) is 2.74. The van der Waals surface area contributed by atoms with Crippen molar-refractivity contribution in [1.82, 2.24) is 5.32 Å². The van der Waals surface area contributed by atoms with Crippen LogP contribution < -0.4 is 10.1 Å². The summed E-state index contributed by atoms with van der Waals surface area (Å²) < 4.78 is 5.06. The number of carbonyl (C=O) groups is 3. The third kappa shape index (κ3) is 4.98. The molecule has 0 aromatic heterocycles. The Morgan fingerprint density at radius 1 is 1.14 bits per heavy atom. The maximum atomic E-state index is 12.1. The van der Waals surface area contributed by atoms with Crippen molar-refractivity contribution in [3.63, 3.8) is 0 Å². The first-order valence-electron chi connectivity index (χ1n) is 7.98. The number of carboxylic acids is 2. The quantitative estimate of drug-likeness (QED) is 0.639. The summed E-state index contributed by atoms with van der Waals surface area (Å²) in [7, 11) is 0. The molecule has 1 aliphatic heterocycles. The molecule has 28 heavy (non-hydrogen) atoms. The van der Waals surface area contributed by atoms with Crippen LogP contribution in [0.25, 0.3) is 6.08 Å². The van der Waals surface area contributed by atoms with Gasteiger partial charge in [-0.25, -0.2) is 14.6 Å². The predicted molar refractivity (Wildman–Crippen MR) is 104 cm³/mol. The molecule has 1 fully saturated rings. The molecule has 0 aliphatic carbocycles. The third-order valence-electron chi connectivity index (χ3n) is 3.51. The Morgan fingerprint density at radius 3 is 2.57 bits per heavy atom. The van der Waals surface area contributed by atoms with Crippen molar-refractivity contribution in [3.8, 4) is 5.75 Å². The molecule has 0 atom stereocenters. The van der Waals surface area contributed by atoms with Gasteiger partial charge in [0.15, 0.2) is 11.8 Å². The van der Waals surface area contributed by atoms with Gasteiger partial charge in [0.2, 0.25) is 0 Å². The fourth-order valence-corrected chi connectivity index (χ4v) is 3.10. The molecule has 3 N–H and O–H groups in total. The average Bonchev–Trinajstić information content (AvgIpc) is 3.00. The molecule has 2 aromatic carbocycles. The largest absolute Gasteiger partial charge is 0.482 e. The number of hydrogen-bond donors (Lipinski definition) is 3. The van der Waals surface area contributed by atoms with Gasteiger partial charge in [-0.1, -0.05) is 18.2 Å². The van der Waals surface area contributed by atoms with E-state index in [1.807, 2.05) is 0 Å². The first-order chi connectivity index (χ1) is 13.4. The van der Waals surface area contributed by atoms with Crippen LogP contribution in [0.15, 0.2) is 58.4 Å². The van der Waals surface area contributed by atoms with Crippen LogP contribution in [0, 0.1) is 0 Å². The second-order valence-electron chi connectivity index (χ2n) is 5.59. The second-order valence-corrected chi connectivity index (χ2v) is 6.62. The highest BCUT2D eigenvalue weighted by atomic mass is 32.2. The summed E-state index contributed by atoms with van der Waals surface area (Å²) in [5.41, 5.74) is 1.26. The molecule has 1 saturated heterocycles. The molecule has 0 saturated carbocycles. The van der Waals surface area contributed by atoms with Crippen LogP contribution in [0.1, 0.15) is 15.9 Å². The monoisotopic (exact) mass is 398 g/mol. The fourth-order valence-electron chi connectivity index (χ4n) is 2.26. The van der Waals surface area contributed by atoms with E-state index >= 15 is 0 Å². The zero-order valence-corrected chi connectivity index (χ0v) is 15.1. The Hall–Kier alpha value is -3.59. The molecular formula is C19H14N2O6S. The Bertz CT molecular complexity index is 998. The first kappa shape index (κ1) is 19.2. The van der Waals surface area contributed by atoms with E-state index in [2.05, 4.69) is 10.3 Å². The highest BCUT2D eigenvalue weighted by molar-refractivity contribution is 8.18. The fraction of sp³-hybridized carbons (Fsp3) is 0.0526. The third-order valence-corrected chi connectivity index (χ3v) is 4.42. The number of nitrogens with zero attached hydrogens (tertiary/aromatic N) is 1. The standard InChI is InChI=1S/C19H14N2O6S/c22-16(23)10-27-14-6-4-11(5-7-14)8-15-17(24)21-19(28-15)20-13-3-1-2-12(9-13)18(25)26/h1-9H,10H2,(H,22,23)(H,25,26)(H,20,21,24)/b15-8-. The molecule has 0 radical (unpaired) electrons. The average molecular weight is 398 g/mol. The van der Waals surface area contributed by atoms with E-state index in [0.717, 1.165) is 17.3 Å². The van der Waals surface area contributed by atoms with Crippen molar-refractivity contribution in [2.24, 2.45) is 4.99 Å². The zero-order valence-electron chi connectivity index (χ0n) is 14.3. The molecule has 2 aromatic rings. The van der Waals surface area contributed by atoms with Crippen molar-refractivity contribution >= 4 is 46.5 Å². The number of carboxylic acid groups (broad SMARTS) is 2. The molecule has 1 aliphatic rings. The lowest BCUT2D eigenvalue weighted by Gasteiger charge is -2.03. The summed E-state index contributed by atoms with van der Waals surface area (Å²) in [4.78, 5) is 38.3. The van der Waals surface area contributed by atoms with Crippen LogP contribution in [0.3, 0.4) is 0 Å². The number of aliphatic imine (C=N–C) groups is 1. The van der Waals surface area contributed by atoms with E-state index in [1.165, 1.54) is 12.1 Å². The van der Waals surface area contributed by atoms with Crippen LogP contribution in [0.2, 0.25) is 0 Å². The molecule has 1 heterocycles. The highest BCUT2D eigenvalue weighted by Crippen LogP contribution is 2.28. The first-order valence-corrected chi connectivity index (χ1v) is 8.80. The van der Waals surface area contributed by atoms with Crippen molar-refractivity contribution in [1.29, 1.82) is 0 Å². The maximum Gasteiger partial charge on any atom is 0.341 e. The summed E-state index contributed by atoms with van der Waals surface area (Å²) in [5, 5.41) is 20.6. The van der Waals surface area contributed by atoms with E-state index in [-0.39, 0.29) is 11.5 Å². The van der Waals surface area contributed by atoms with E-state index in [1.54, 1.807) is 42.5 Å². The smallest absolute Gasteiger partial charge is 0.341 e. The number of thioether (sulfide) groups is 1. The summed E-state index contributed by atoms with van der Waals surface area (Å²) in [6, 6.07) is 12.7. The summed E-state index contributed by atoms with van der Waals surface area (Å²) in [6.45, 7) is -0.429. The van der Waals surface area contributed by atoms with Gasteiger partial charge in [0.05, 0.1) is 16.2 Å². The number of ether oxygens (including phenoxy) is 1. The number of rotatable bonds is 6. The lowest BCUT2D eigenvalue weighted by molar-refractivity contribution is -0.139. The molecule has 0 spiro atoms. The topological polar surface area (TPSA) is 125 Å². The van der Waals surface area contributed by atoms with Crippen LogP contribution in [0.4, 0.5) is 5.69 Å². The van der Waals surface area contributed by atoms with E-state index in [4.69, 9.17) is 14.9 Å². The van der Waals surface area contributed by atoms with Gasteiger partial charge in [-0.3, -0.25) is 4.79 Å². The normalized spacial score (nSPS) is 16.2. The summed E-state index contributed by atoms with van der Waals surface area (Å²) >= 11 is 1.14. The van der Waals surface area contributed by atoms with Crippen LogP contribution in [-0.4, -0.2) is 39.8 Å². The molecule has 0 bridgehead atoms. The van der Waals surface area contributed by atoms with E-state index in [0.29, 0.717) is 21.5 Å². The Morgan fingerprint density at radius 2 is 1.89 bits per heavy atom. The molecule has 3 rings (SSSR count). The molecule has 9 heteroatoms. The number of hydrogen-bond acceptors (Lipinski definition) is 6. The Kier molecular flexibility index (Phi) is 5.75. The van der Waals surface area contributed by atoms with Gasteiger partial charge >= 0.3 is 11.9 Å². The van der Waals surface area contributed by atoms with Crippen LogP contribution in [0.5, 0.6) is 5.75 Å². The summed E-state index contributed by atoms with van der Waals surface area (Å²) in [5.74, 6) is -2.02. The van der Waals surface area contributed by atoms with Crippen molar-refractivity contribution < 1.29 is 29.3 Å². The summed E-state index contributed by atoms with van der Waals surface area (Å²) in [6.07, 6.45) is 1.66. The maximum absolute atomic E-state index is 12.1. The lowest BCUT2D eigenvalue weighted by atomic mass is 10.2. The van der Waals surface area contributed by atoms with Crippen molar-refractivity contribution in [2.75, 3.05) is 6.61 Å². The highest BCUT2D eigenvalue weighted by Gasteiger charge is 2.23. The number of amides is 1. The van der Waals surface area contributed by atoms with E-state index < -0.39 is 18.5 Å². The van der Waals surface area contributed by atoms with Gasteiger partial charge in [-0.2, -0.15) is 0 Å². The van der Waals surface area contributed by atoms with Gasteiger partial charge < -0.3 is 20.3 Å². The number of benzene rings is 2. The van der Waals surface area contributed by atoms with Gasteiger partial charge in [-0.15, -0.1) is 0 Å². The van der Waals surface area contributed by atoms with Gasteiger partial charge in [0.1, 0.15) is 5.75 Å². The minimum absolute atomic E-state index is 0.108. The molecule has 142 valence electrons. The number of aromatic carboxylic acids is 1. The minimum atomic E-state index is -1.06.